The number of hydrogen-bond acceptors (Lipinski definition) is 4. The highest BCUT2D eigenvalue weighted by molar-refractivity contribution is 5.81. The maximum atomic E-state index is 12.2. The largest absolute Gasteiger partial charge is 0.419 e. The molecule has 6 heteroatoms. The molecule has 0 radical (unpaired) electrons. The molecule has 106 valence electrons. The average Bonchev–Trinajstić information content (AvgIpc) is 2.75. The minimum Gasteiger partial charge on any atom is -0.408 e. The molecule has 1 fully saturated rings. The van der Waals surface area contributed by atoms with Gasteiger partial charge in [-0.25, -0.2) is 4.79 Å². The summed E-state index contributed by atoms with van der Waals surface area (Å²) < 4.78 is 6.53. The summed E-state index contributed by atoms with van der Waals surface area (Å²) in [6.45, 7) is 3.21. The van der Waals surface area contributed by atoms with Crippen LogP contribution in [0, 0.1) is 0 Å². The van der Waals surface area contributed by atoms with E-state index in [0.717, 1.165) is 37.3 Å². The lowest BCUT2D eigenvalue weighted by molar-refractivity contribution is -0.131. The Balaban J connectivity index is 1.81. The molecule has 20 heavy (non-hydrogen) atoms. The number of oxazole rings is 1. The first-order valence-electron chi connectivity index (χ1n) is 6.72. The standard InChI is InChI=1S/C14H17N3O3/c1-16-11-8-10(2-3-12(11)20-14(16)19)9-13(18)17-6-4-15-5-7-17/h2-3,8,15H,4-7,9H2,1H3. The number of piperazine rings is 1. The Morgan fingerprint density at radius 1 is 1.35 bits per heavy atom. The second kappa shape index (κ2) is 5.13. The smallest absolute Gasteiger partial charge is 0.408 e. The van der Waals surface area contributed by atoms with E-state index in [4.69, 9.17) is 4.42 Å². The number of amides is 1. The van der Waals surface area contributed by atoms with E-state index in [1.807, 2.05) is 17.0 Å². The molecule has 1 aromatic carbocycles. The van der Waals surface area contributed by atoms with Crippen LogP contribution in [0.25, 0.3) is 11.1 Å². The van der Waals surface area contributed by atoms with Crippen molar-refractivity contribution in [3.63, 3.8) is 0 Å². The summed E-state index contributed by atoms with van der Waals surface area (Å²) in [6.07, 6.45) is 0.356. The summed E-state index contributed by atoms with van der Waals surface area (Å²) >= 11 is 0. The molecule has 0 atom stereocenters. The molecule has 0 saturated carbocycles. The van der Waals surface area contributed by atoms with Crippen LogP contribution in [-0.2, 0) is 18.3 Å². The molecule has 1 aromatic heterocycles. The van der Waals surface area contributed by atoms with Crippen molar-refractivity contribution in [1.29, 1.82) is 0 Å². The highest BCUT2D eigenvalue weighted by atomic mass is 16.4. The topological polar surface area (TPSA) is 67.5 Å². The monoisotopic (exact) mass is 275 g/mol. The van der Waals surface area contributed by atoms with Crippen molar-refractivity contribution in [2.75, 3.05) is 26.2 Å². The number of aromatic nitrogens is 1. The van der Waals surface area contributed by atoms with Gasteiger partial charge in [-0.3, -0.25) is 9.36 Å². The van der Waals surface area contributed by atoms with Crippen LogP contribution in [0.1, 0.15) is 5.56 Å². The second-order valence-electron chi connectivity index (χ2n) is 5.04. The summed E-state index contributed by atoms with van der Waals surface area (Å²) in [5.74, 6) is -0.259. The highest BCUT2D eigenvalue weighted by Crippen LogP contribution is 2.15. The van der Waals surface area contributed by atoms with Crippen LogP contribution in [0.4, 0.5) is 0 Å². The third-order valence-corrected chi connectivity index (χ3v) is 3.68. The normalized spacial score (nSPS) is 15.8. The van der Waals surface area contributed by atoms with E-state index in [0.29, 0.717) is 12.0 Å². The molecule has 0 spiro atoms. The third kappa shape index (κ3) is 2.34. The molecule has 1 saturated heterocycles. The Morgan fingerprint density at radius 2 is 2.10 bits per heavy atom. The summed E-state index contributed by atoms with van der Waals surface area (Å²) in [5.41, 5.74) is 2.17. The maximum absolute atomic E-state index is 12.2. The van der Waals surface area contributed by atoms with Crippen molar-refractivity contribution < 1.29 is 9.21 Å². The van der Waals surface area contributed by atoms with Gasteiger partial charge in [0.2, 0.25) is 5.91 Å². The lowest BCUT2D eigenvalue weighted by atomic mass is 10.1. The average molecular weight is 275 g/mol. The van der Waals surface area contributed by atoms with Crippen LogP contribution in [0.5, 0.6) is 0 Å². The molecule has 0 bridgehead atoms. The molecule has 1 amide bonds. The summed E-state index contributed by atoms with van der Waals surface area (Å²) in [6, 6.07) is 5.43. The van der Waals surface area contributed by atoms with E-state index >= 15 is 0 Å². The van der Waals surface area contributed by atoms with Gasteiger partial charge in [0.25, 0.3) is 0 Å². The SMILES string of the molecule is Cn1c(=O)oc2ccc(CC(=O)N3CCNCC3)cc21. The quantitative estimate of drug-likeness (QED) is 0.844. The van der Waals surface area contributed by atoms with E-state index in [9.17, 15) is 9.59 Å². The molecular weight excluding hydrogens is 258 g/mol. The number of rotatable bonds is 2. The number of nitrogens with one attached hydrogen (secondary N) is 1. The van der Waals surface area contributed by atoms with Gasteiger partial charge in [0, 0.05) is 33.2 Å². The first kappa shape index (κ1) is 12.9. The molecule has 2 aromatic rings. The van der Waals surface area contributed by atoms with Crippen molar-refractivity contribution >= 4 is 17.0 Å². The van der Waals surface area contributed by atoms with Crippen molar-refractivity contribution in [2.45, 2.75) is 6.42 Å². The van der Waals surface area contributed by atoms with Crippen molar-refractivity contribution in [2.24, 2.45) is 7.05 Å². The molecule has 1 aliphatic rings. The second-order valence-corrected chi connectivity index (χ2v) is 5.04. The number of fused-ring (bicyclic) bond motifs is 1. The molecule has 1 N–H and O–H groups in total. The van der Waals surface area contributed by atoms with Crippen LogP contribution < -0.4 is 11.1 Å². The van der Waals surface area contributed by atoms with Gasteiger partial charge < -0.3 is 14.6 Å². The minimum atomic E-state index is -0.384. The Hall–Kier alpha value is -2.08. The van der Waals surface area contributed by atoms with Crippen molar-refractivity contribution in [3.8, 4) is 0 Å². The van der Waals surface area contributed by atoms with E-state index < -0.39 is 0 Å². The van der Waals surface area contributed by atoms with Crippen LogP contribution in [0.15, 0.2) is 27.4 Å². The lowest BCUT2D eigenvalue weighted by Crippen LogP contribution is -2.46. The summed E-state index contributed by atoms with van der Waals surface area (Å²) in [4.78, 5) is 25.5. The van der Waals surface area contributed by atoms with Gasteiger partial charge in [-0.05, 0) is 17.7 Å². The zero-order valence-electron chi connectivity index (χ0n) is 11.4. The number of aryl methyl sites for hydroxylation is 1. The fraction of sp³-hybridized carbons (Fsp3) is 0.429. The molecule has 1 aliphatic heterocycles. The van der Waals surface area contributed by atoms with E-state index in [2.05, 4.69) is 5.32 Å². The van der Waals surface area contributed by atoms with E-state index in [1.54, 1.807) is 13.1 Å². The minimum absolute atomic E-state index is 0.124. The first-order valence-corrected chi connectivity index (χ1v) is 6.72. The van der Waals surface area contributed by atoms with Crippen LogP contribution in [0.3, 0.4) is 0 Å². The predicted octanol–water partition coefficient (Wildman–Crippen LogP) is 0.106. The van der Waals surface area contributed by atoms with Crippen LogP contribution in [0.2, 0.25) is 0 Å². The number of benzene rings is 1. The third-order valence-electron chi connectivity index (χ3n) is 3.68. The highest BCUT2D eigenvalue weighted by Gasteiger charge is 2.17. The van der Waals surface area contributed by atoms with Gasteiger partial charge >= 0.3 is 5.76 Å². The number of hydrogen-bond donors (Lipinski definition) is 1. The van der Waals surface area contributed by atoms with Gasteiger partial charge in [-0.1, -0.05) is 6.07 Å². The Morgan fingerprint density at radius 3 is 2.85 bits per heavy atom. The van der Waals surface area contributed by atoms with Crippen molar-refractivity contribution in [3.05, 3.63) is 34.3 Å². The number of carbonyl (C=O) groups is 1. The van der Waals surface area contributed by atoms with Gasteiger partial charge in [0.1, 0.15) is 0 Å². The van der Waals surface area contributed by atoms with Crippen molar-refractivity contribution in [1.82, 2.24) is 14.8 Å². The predicted molar refractivity (Wildman–Crippen MR) is 74.6 cm³/mol. The Bertz CT molecular complexity index is 695. The maximum Gasteiger partial charge on any atom is 0.419 e. The number of carbonyl (C=O) groups excluding carboxylic acids is 1. The lowest BCUT2D eigenvalue weighted by Gasteiger charge is -2.27. The molecule has 6 nitrogen and oxygen atoms in total. The fourth-order valence-electron chi connectivity index (χ4n) is 2.48. The Labute approximate surface area is 116 Å². The van der Waals surface area contributed by atoms with Gasteiger partial charge in [0.15, 0.2) is 5.58 Å². The molecule has 0 aliphatic carbocycles. The molecule has 2 heterocycles. The summed E-state index contributed by atoms with van der Waals surface area (Å²) in [5, 5.41) is 3.22. The zero-order chi connectivity index (χ0) is 14.1. The van der Waals surface area contributed by atoms with Crippen LogP contribution >= 0.6 is 0 Å². The molecule has 3 rings (SSSR count). The van der Waals surface area contributed by atoms with Gasteiger partial charge in [-0.2, -0.15) is 0 Å². The molecule has 0 unspecified atom stereocenters. The first-order chi connectivity index (χ1) is 9.65. The Kier molecular flexibility index (Phi) is 3.31. The fourth-order valence-corrected chi connectivity index (χ4v) is 2.48. The van der Waals surface area contributed by atoms with Gasteiger partial charge in [0.05, 0.1) is 11.9 Å². The van der Waals surface area contributed by atoms with Crippen LogP contribution in [-0.4, -0.2) is 41.6 Å². The van der Waals surface area contributed by atoms with E-state index in [-0.39, 0.29) is 11.7 Å². The van der Waals surface area contributed by atoms with E-state index in [1.165, 1.54) is 4.57 Å². The number of nitrogens with zero attached hydrogens (tertiary/aromatic N) is 2. The summed E-state index contributed by atoms with van der Waals surface area (Å²) in [7, 11) is 1.66. The van der Waals surface area contributed by atoms with Gasteiger partial charge in [-0.15, -0.1) is 0 Å². The molecular formula is C14H17N3O3. The zero-order valence-corrected chi connectivity index (χ0v) is 11.4.